The van der Waals surface area contributed by atoms with Crippen molar-refractivity contribution in [2.45, 2.75) is 32.3 Å². The first kappa shape index (κ1) is 13.3. The summed E-state index contributed by atoms with van der Waals surface area (Å²) in [5.41, 5.74) is -0.459. The molecule has 102 valence electrons. The number of aromatic nitrogens is 2. The molecular formula is C12H21N3O3. The van der Waals surface area contributed by atoms with Gasteiger partial charge in [-0.1, -0.05) is 19.0 Å². The number of hydrogen-bond acceptors (Lipinski definition) is 6. The smallest absolute Gasteiger partial charge is 0.321 e. The number of hydrogen-bond donors (Lipinski definition) is 1. The number of rotatable bonds is 5. The lowest BCUT2D eigenvalue weighted by Gasteiger charge is -2.32. The summed E-state index contributed by atoms with van der Waals surface area (Å²) in [6.45, 7) is 6.39. The third-order valence-electron chi connectivity index (χ3n) is 3.19. The second-order valence-electron chi connectivity index (χ2n) is 5.01. The zero-order valence-corrected chi connectivity index (χ0v) is 11.2. The molecule has 1 aromatic heterocycles. The molecule has 1 aliphatic heterocycles. The Morgan fingerprint density at radius 2 is 2.11 bits per heavy atom. The molecule has 0 radical (unpaired) electrons. The minimum Gasteiger partial charge on any atom is -0.381 e. The lowest BCUT2D eigenvalue weighted by atomic mass is 9.93. The van der Waals surface area contributed by atoms with Crippen LogP contribution in [0.5, 0.6) is 0 Å². The van der Waals surface area contributed by atoms with Gasteiger partial charge in [0.25, 0.3) is 0 Å². The third-order valence-corrected chi connectivity index (χ3v) is 3.19. The Hall–Kier alpha value is -1.14. The van der Waals surface area contributed by atoms with Gasteiger partial charge in [-0.3, -0.25) is 0 Å². The maximum absolute atomic E-state index is 5.61. The average molecular weight is 255 g/mol. The quantitative estimate of drug-likeness (QED) is 0.865. The van der Waals surface area contributed by atoms with E-state index in [-0.39, 0.29) is 0 Å². The molecule has 0 amide bonds. The number of nitrogens with zero attached hydrogens (tertiary/aromatic N) is 2. The lowest BCUT2D eigenvalue weighted by molar-refractivity contribution is -0.101. The van der Waals surface area contributed by atoms with Gasteiger partial charge in [0, 0.05) is 39.7 Å². The fraction of sp³-hybridized carbons (Fsp3) is 0.833. The fourth-order valence-corrected chi connectivity index (χ4v) is 1.99. The SMILES string of the molecule is COC1(c2noc(NCC(C)C)n2)CCOCC1. The first-order chi connectivity index (χ1) is 8.66. The number of nitrogens with one attached hydrogen (secondary N) is 1. The third kappa shape index (κ3) is 2.81. The van der Waals surface area contributed by atoms with E-state index in [4.69, 9.17) is 14.0 Å². The highest BCUT2D eigenvalue weighted by atomic mass is 16.5. The van der Waals surface area contributed by atoms with Crippen LogP contribution in [0.2, 0.25) is 0 Å². The number of ether oxygens (including phenoxy) is 2. The normalized spacial score (nSPS) is 19.1. The van der Waals surface area contributed by atoms with E-state index in [9.17, 15) is 0 Å². The molecule has 1 N–H and O–H groups in total. The molecule has 0 aliphatic carbocycles. The van der Waals surface area contributed by atoms with Crippen LogP contribution in [-0.4, -0.2) is 37.0 Å². The van der Waals surface area contributed by atoms with E-state index in [1.54, 1.807) is 7.11 Å². The summed E-state index contributed by atoms with van der Waals surface area (Å²) in [7, 11) is 1.68. The lowest BCUT2D eigenvalue weighted by Crippen LogP contribution is -2.36. The highest BCUT2D eigenvalue weighted by Crippen LogP contribution is 2.33. The van der Waals surface area contributed by atoms with E-state index in [1.807, 2.05) is 0 Å². The summed E-state index contributed by atoms with van der Waals surface area (Å²) < 4.78 is 16.2. The summed E-state index contributed by atoms with van der Waals surface area (Å²) in [6, 6.07) is 0.460. The molecule has 2 rings (SSSR count). The van der Waals surface area contributed by atoms with Gasteiger partial charge >= 0.3 is 6.01 Å². The van der Waals surface area contributed by atoms with Crippen molar-refractivity contribution >= 4 is 6.01 Å². The van der Waals surface area contributed by atoms with E-state index in [2.05, 4.69) is 29.3 Å². The van der Waals surface area contributed by atoms with E-state index in [0.717, 1.165) is 19.4 Å². The Labute approximate surface area is 107 Å². The summed E-state index contributed by atoms with van der Waals surface area (Å²) in [5, 5.41) is 7.15. The maximum atomic E-state index is 5.61. The van der Waals surface area contributed by atoms with Crippen LogP contribution in [0.1, 0.15) is 32.5 Å². The first-order valence-corrected chi connectivity index (χ1v) is 6.37. The van der Waals surface area contributed by atoms with Crippen molar-refractivity contribution in [2.75, 3.05) is 32.2 Å². The van der Waals surface area contributed by atoms with Crippen LogP contribution in [-0.2, 0) is 15.1 Å². The van der Waals surface area contributed by atoms with Gasteiger partial charge in [-0.25, -0.2) is 0 Å². The zero-order valence-electron chi connectivity index (χ0n) is 11.2. The molecule has 0 atom stereocenters. The monoisotopic (exact) mass is 255 g/mol. The molecule has 0 unspecified atom stereocenters. The molecule has 0 aromatic carbocycles. The van der Waals surface area contributed by atoms with Gasteiger partial charge in [-0.2, -0.15) is 4.98 Å². The molecule has 1 aliphatic rings. The fourth-order valence-electron chi connectivity index (χ4n) is 1.99. The zero-order chi connectivity index (χ0) is 13.0. The molecule has 1 saturated heterocycles. The molecular weight excluding hydrogens is 234 g/mol. The van der Waals surface area contributed by atoms with Gasteiger partial charge in [-0.05, 0) is 5.92 Å². The van der Waals surface area contributed by atoms with Gasteiger partial charge in [0.15, 0.2) is 0 Å². The highest BCUT2D eigenvalue weighted by Gasteiger charge is 2.39. The summed E-state index contributed by atoms with van der Waals surface area (Å²) in [4.78, 5) is 4.38. The van der Waals surface area contributed by atoms with Crippen LogP contribution in [0.3, 0.4) is 0 Å². The van der Waals surface area contributed by atoms with Gasteiger partial charge in [0.2, 0.25) is 5.82 Å². The second-order valence-corrected chi connectivity index (χ2v) is 5.01. The van der Waals surface area contributed by atoms with E-state index in [1.165, 1.54) is 0 Å². The molecule has 18 heavy (non-hydrogen) atoms. The maximum Gasteiger partial charge on any atom is 0.321 e. The van der Waals surface area contributed by atoms with Crippen LogP contribution in [0, 0.1) is 5.92 Å². The average Bonchev–Trinajstić information content (AvgIpc) is 2.86. The molecule has 0 saturated carbocycles. The van der Waals surface area contributed by atoms with Crippen LogP contribution >= 0.6 is 0 Å². The minimum atomic E-state index is -0.459. The van der Waals surface area contributed by atoms with Crippen LogP contribution in [0.4, 0.5) is 6.01 Å². The summed E-state index contributed by atoms with van der Waals surface area (Å²) in [5.74, 6) is 1.14. The number of anilines is 1. The Kier molecular flexibility index (Phi) is 4.19. The molecule has 0 bridgehead atoms. The molecule has 1 aromatic rings. The predicted molar refractivity (Wildman–Crippen MR) is 66.4 cm³/mol. The molecule has 1 fully saturated rings. The van der Waals surface area contributed by atoms with Crippen molar-refractivity contribution in [3.05, 3.63) is 5.82 Å². The van der Waals surface area contributed by atoms with Crippen molar-refractivity contribution < 1.29 is 14.0 Å². The van der Waals surface area contributed by atoms with Crippen LogP contribution < -0.4 is 5.32 Å². The van der Waals surface area contributed by atoms with E-state index in [0.29, 0.717) is 31.0 Å². The van der Waals surface area contributed by atoms with Crippen molar-refractivity contribution in [1.29, 1.82) is 0 Å². The van der Waals surface area contributed by atoms with Crippen LogP contribution in [0.25, 0.3) is 0 Å². The molecule has 2 heterocycles. The Morgan fingerprint density at radius 1 is 1.39 bits per heavy atom. The summed E-state index contributed by atoms with van der Waals surface area (Å²) >= 11 is 0. The van der Waals surface area contributed by atoms with E-state index < -0.39 is 5.60 Å². The number of methoxy groups -OCH3 is 1. The Balaban J connectivity index is 2.07. The topological polar surface area (TPSA) is 69.4 Å². The standard InChI is InChI=1S/C12H21N3O3/c1-9(2)8-13-11-14-10(15-18-11)12(16-3)4-6-17-7-5-12/h9H,4-8H2,1-3H3,(H,13,14,15). The van der Waals surface area contributed by atoms with E-state index >= 15 is 0 Å². The van der Waals surface area contributed by atoms with Gasteiger partial charge in [-0.15, -0.1) is 0 Å². The first-order valence-electron chi connectivity index (χ1n) is 6.37. The van der Waals surface area contributed by atoms with Gasteiger partial charge in [0.05, 0.1) is 0 Å². The second kappa shape index (κ2) is 5.67. The summed E-state index contributed by atoms with van der Waals surface area (Å²) in [6.07, 6.45) is 1.51. The van der Waals surface area contributed by atoms with Crippen molar-refractivity contribution in [2.24, 2.45) is 5.92 Å². The predicted octanol–water partition coefficient (Wildman–Crippen LogP) is 1.79. The van der Waals surface area contributed by atoms with Gasteiger partial charge < -0.3 is 19.3 Å². The molecule has 6 heteroatoms. The van der Waals surface area contributed by atoms with Crippen LogP contribution in [0.15, 0.2) is 4.52 Å². The van der Waals surface area contributed by atoms with Crippen molar-refractivity contribution in [1.82, 2.24) is 10.1 Å². The van der Waals surface area contributed by atoms with Crippen molar-refractivity contribution in [3.8, 4) is 0 Å². The Bertz CT molecular complexity index is 372. The highest BCUT2D eigenvalue weighted by molar-refractivity contribution is 5.20. The van der Waals surface area contributed by atoms with Crippen molar-refractivity contribution in [3.63, 3.8) is 0 Å². The largest absolute Gasteiger partial charge is 0.381 e. The molecule has 6 nitrogen and oxygen atoms in total. The van der Waals surface area contributed by atoms with Gasteiger partial charge in [0.1, 0.15) is 5.60 Å². The minimum absolute atomic E-state index is 0.459. The molecule has 0 spiro atoms. The Morgan fingerprint density at radius 3 is 2.72 bits per heavy atom.